The molecule has 0 aromatic heterocycles. The Kier molecular flexibility index (Phi) is 6.86. The van der Waals surface area contributed by atoms with Gasteiger partial charge in [0.05, 0.1) is 40.5 Å². The molecule has 1 N–H and O–H groups in total. The van der Waals surface area contributed by atoms with Gasteiger partial charge < -0.3 is 29.0 Å². The van der Waals surface area contributed by atoms with Crippen molar-refractivity contribution < 1.29 is 38.4 Å². The molecule has 0 bridgehead atoms. The summed E-state index contributed by atoms with van der Waals surface area (Å²) in [7, 11) is 5.87. The first kappa shape index (κ1) is 24.6. The minimum atomic E-state index is -1.19. The number of ether oxygens (including phenoxy) is 4. The summed E-state index contributed by atoms with van der Waals surface area (Å²) in [4.78, 5) is 40.7. The second-order valence-corrected chi connectivity index (χ2v) is 8.13. The van der Waals surface area contributed by atoms with Crippen molar-refractivity contribution in [1.82, 2.24) is 4.90 Å². The maximum atomic E-state index is 13.5. The summed E-state index contributed by atoms with van der Waals surface area (Å²) in [6, 6.07) is 12.4. The number of aliphatic carboxylic acids is 1. The number of methoxy groups -OCH3 is 4. The fraction of sp³-hybridized carbons (Fsp3) is 0.269. The molecule has 1 aliphatic heterocycles. The number of urea groups is 1. The lowest BCUT2D eigenvalue weighted by Crippen LogP contribution is -2.36. The van der Waals surface area contributed by atoms with Crippen LogP contribution in [0, 0.1) is 0 Å². The zero-order valence-corrected chi connectivity index (χ0v) is 20.3. The van der Waals surface area contributed by atoms with Gasteiger partial charge in [-0.05, 0) is 34.5 Å². The molecule has 4 rings (SSSR count). The zero-order chi connectivity index (χ0) is 26.0. The van der Waals surface area contributed by atoms with Gasteiger partial charge in [-0.3, -0.25) is 9.59 Å². The van der Waals surface area contributed by atoms with Crippen LogP contribution in [0.15, 0.2) is 48.5 Å². The highest BCUT2D eigenvalue weighted by Crippen LogP contribution is 2.42. The van der Waals surface area contributed by atoms with Gasteiger partial charge in [0, 0.05) is 18.7 Å². The van der Waals surface area contributed by atoms with Crippen LogP contribution in [-0.4, -0.2) is 62.4 Å². The Balaban J connectivity index is 1.72. The normalized spacial score (nSPS) is 15.4. The highest BCUT2D eigenvalue weighted by molar-refractivity contribution is 6.22. The van der Waals surface area contributed by atoms with E-state index in [1.165, 1.54) is 38.4 Å². The van der Waals surface area contributed by atoms with Crippen LogP contribution in [0.4, 0.5) is 10.5 Å². The van der Waals surface area contributed by atoms with Gasteiger partial charge >= 0.3 is 12.0 Å². The van der Waals surface area contributed by atoms with E-state index in [1.807, 2.05) is 36.4 Å². The van der Waals surface area contributed by atoms with Crippen molar-refractivity contribution in [2.75, 3.05) is 33.3 Å². The molecule has 3 aromatic carbocycles. The van der Waals surface area contributed by atoms with E-state index in [4.69, 9.17) is 18.9 Å². The van der Waals surface area contributed by atoms with Crippen molar-refractivity contribution in [3.63, 3.8) is 0 Å². The quantitative estimate of drug-likeness (QED) is 0.448. The number of benzene rings is 3. The lowest BCUT2D eigenvalue weighted by atomic mass is 10.1. The van der Waals surface area contributed by atoms with E-state index in [0.29, 0.717) is 5.75 Å². The lowest BCUT2D eigenvalue weighted by molar-refractivity contribution is -0.140. The minimum Gasteiger partial charge on any atom is -0.497 e. The number of carbonyl (C=O) groups is 3. The highest BCUT2D eigenvalue weighted by atomic mass is 16.5. The molecular weight excluding hydrogens is 468 g/mol. The molecule has 0 saturated carbocycles. The van der Waals surface area contributed by atoms with Crippen molar-refractivity contribution in [3.8, 4) is 23.0 Å². The summed E-state index contributed by atoms with van der Waals surface area (Å²) < 4.78 is 21.3. The van der Waals surface area contributed by atoms with Crippen LogP contribution < -0.4 is 23.8 Å². The molecule has 10 nitrogen and oxygen atoms in total. The number of hydrogen-bond donors (Lipinski definition) is 1. The first-order valence-corrected chi connectivity index (χ1v) is 11.0. The summed E-state index contributed by atoms with van der Waals surface area (Å²) in [6.45, 7) is 0.0470. The molecule has 1 atom stereocenters. The van der Waals surface area contributed by atoms with Gasteiger partial charge in [0.1, 0.15) is 11.8 Å². The Labute approximate surface area is 207 Å². The van der Waals surface area contributed by atoms with Gasteiger partial charge in [-0.2, -0.15) is 0 Å². The fourth-order valence-electron chi connectivity index (χ4n) is 4.31. The van der Waals surface area contributed by atoms with E-state index in [-0.39, 0.29) is 23.7 Å². The van der Waals surface area contributed by atoms with Crippen molar-refractivity contribution in [1.29, 1.82) is 0 Å². The van der Waals surface area contributed by atoms with Crippen molar-refractivity contribution in [2.45, 2.75) is 19.0 Å². The Hall–Kier alpha value is -4.47. The minimum absolute atomic E-state index is 0.0470. The smallest absolute Gasteiger partial charge is 0.332 e. The Morgan fingerprint density at radius 1 is 0.861 bits per heavy atom. The van der Waals surface area contributed by atoms with Crippen LogP contribution in [0.1, 0.15) is 12.0 Å². The van der Waals surface area contributed by atoms with Gasteiger partial charge in [-0.15, -0.1) is 0 Å². The summed E-state index contributed by atoms with van der Waals surface area (Å²) in [5.41, 5.74) is 0.930. The number of imide groups is 1. The molecule has 1 saturated heterocycles. The zero-order valence-electron chi connectivity index (χ0n) is 20.3. The molecule has 3 aromatic rings. The molecule has 10 heteroatoms. The highest BCUT2D eigenvalue weighted by Gasteiger charge is 2.47. The monoisotopic (exact) mass is 494 g/mol. The second-order valence-electron chi connectivity index (χ2n) is 8.13. The first-order valence-electron chi connectivity index (χ1n) is 11.0. The van der Waals surface area contributed by atoms with E-state index < -0.39 is 30.4 Å². The van der Waals surface area contributed by atoms with Crippen LogP contribution in [0.25, 0.3) is 10.8 Å². The Morgan fingerprint density at radius 3 is 2.08 bits per heavy atom. The van der Waals surface area contributed by atoms with E-state index >= 15 is 0 Å². The number of amides is 3. The third kappa shape index (κ3) is 4.45. The van der Waals surface area contributed by atoms with E-state index in [9.17, 15) is 19.5 Å². The molecule has 0 aliphatic carbocycles. The SMILES string of the molecule is COc1ccc2cc(CN3C(=O)N(c4cc(OC)c(OC)c(OC)c4)C(=O)[C@@H]3CC(=O)O)ccc2c1. The number of hydrogen-bond acceptors (Lipinski definition) is 7. The Bertz CT molecular complexity index is 1310. The second kappa shape index (κ2) is 10.0. The first-order chi connectivity index (χ1) is 17.3. The van der Waals surface area contributed by atoms with Crippen LogP contribution in [-0.2, 0) is 16.1 Å². The number of anilines is 1. The predicted octanol–water partition coefficient (Wildman–Crippen LogP) is 3.69. The largest absolute Gasteiger partial charge is 0.497 e. The molecule has 36 heavy (non-hydrogen) atoms. The number of fused-ring (bicyclic) bond motifs is 1. The van der Waals surface area contributed by atoms with Gasteiger partial charge in [-0.25, -0.2) is 9.69 Å². The molecular formula is C26H26N2O8. The molecule has 0 unspecified atom stereocenters. The van der Waals surface area contributed by atoms with E-state index in [0.717, 1.165) is 27.0 Å². The van der Waals surface area contributed by atoms with Crippen LogP contribution >= 0.6 is 0 Å². The Morgan fingerprint density at radius 2 is 1.50 bits per heavy atom. The fourth-order valence-corrected chi connectivity index (χ4v) is 4.31. The molecule has 3 amide bonds. The van der Waals surface area contributed by atoms with E-state index in [1.54, 1.807) is 7.11 Å². The van der Waals surface area contributed by atoms with Gasteiger partial charge in [0.25, 0.3) is 5.91 Å². The van der Waals surface area contributed by atoms with Crippen molar-refractivity contribution in [2.24, 2.45) is 0 Å². The lowest BCUT2D eigenvalue weighted by Gasteiger charge is -2.21. The van der Waals surface area contributed by atoms with Crippen LogP contribution in [0.2, 0.25) is 0 Å². The number of rotatable bonds is 9. The molecule has 1 heterocycles. The third-order valence-corrected chi connectivity index (χ3v) is 6.06. The van der Waals surface area contributed by atoms with Crippen molar-refractivity contribution >= 4 is 34.4 Å². The third-order valence-electron chi connectivity index (χ3n) is 6.06. The van der Waals surface area contributed by atoms with E-state index in [2.05, 4.69) is 0 Å². The number of nitrogens with zero attached hydrogens (tertiary/aromatic N) is 2. The predicted molar refractivity (Wildman–Crippen MR) is 131 cm³/mol. The van der Waals surface area contributed by atoms with Gasteiger partial charge in [0.2, 0.25) is 5.75 Å². The number of carboxylic acid groups (broad SMARTS) is 1. The molecule has 0 spiro atoms. The van der Waals surface area contributed by atoms with Crippen molar-refractivity contribution in [3.05, 3.63) is 54.1 Å². The number of carbonyl (C=O) groups excluding carboxylic acids is 2. The summed E-state index contributed by atoms with van der Waals surface area (Å²) >= 11 is 0. The summed E-state index contributed by atoms with van der Waals surface area (Å²) in [5, 5.41) is 11.3. The van der Waals surface area contributed by atoms with Crippen LogP contribution in [0.3, 0.4) is 0 Å². The maximum Gasteiger partial charge on any atom is 0.332 e. The average molecular weight is 495 g/mol. The molecule has 188 valence electrons. The van der Waals surface area contributed by atoms with Gasteiger partial charge in [0.15, 0.2) is 11.5 Å². The molecule has 1 fully saturated rings. The van der Waals surface area contributed by atoms with Gasteiger partial charge in [-0.1, -0.05) is 18.2 Å². The molecule has 1 aliphatic rings. The molecule has 0 radical (unpaired) electrons. The average Bonchev–Trinajstić information content (AvgIpc) is 3.10. The topological polar surface area (TPSA) is 115 Å². The summed E-state index contributed by atoms with van der Waals surface area (Å²) in [5.74, 6) is -0.311. The van der Waals surface area contributed by atoms with Crippen LogP contribution in [0.5, 0.6) is 23.0 Å². The standard InChI is InChI=1S/C26H26N2O8/c1-33-19-8-7-16-9-15(5-6-17(16)10-19)14-27-20(13-23(29)30)25(31)28(26(27)32)18-11-21(34-2)24(36-4)22(12-18)35-3/h5-12,20H,13-14H2,1-4H3,(H,29,30)/t20-/m0/s1. The maximum absolute atomic E-state index is 13.5. The summed E-state index contributed by atoms with van der Waals surface area (Å²) in [6.07, 6.45) is -0.531. The number of carboxylic acids is 1.